The molecule has 16 heavy (non-hydrogen) atoms. The molecule has 1 heterocycles. The van der Waals surface area contributed by atoms with E-state index in [9.17, 15) is 4.79 Å². The van der Waals surface area contributed by atoms with Gasteiger partial charge in [0, 0.05) is 18.4 Å². The van der Waals surface area contributed by atoms with Crippen LogP contribution in [0.1, 0.15) is 36.7 Å². The largest absolute Gasteiger partial charge is 0.476 e. The van der Waals surface area contributed by atoms with Gasteiger partial charge in [0.25, 0.3) is 0 Å². The number of hydrogen-bond acceptors (Lipinski definition) is 4. The molecule has 1 atom stereocenters. The normalized spacial score (nSPS) is 16.8. The van der Waals surface area contributed by atoms with E-state index in [-0.39, 0.29) is 11.7 Å². The molecular formula is C11H15N3O2. The SMILES string of the molecule is CC(CC1CC1)Nc1nccnc1C(=O)O. The van der Waals surface area contributed by atoms with Gasteiger partial charge in [-0.05, 0) is 19.3 Å². The first-order valence-electron chi connectivity index (χ1n) is 5.47. The van der Waals surface area contributed by atoms with Crippen molar-refractivity contribution in [2.45, 2.75) is 32.2 Å². The zero-order valence-electron chi connectivity index (χ0n) is 9.18. The highest BCUT2D eigenvalue weighted by Gasteiger charge is 2.24. The van der Waals surface area contributed by atoms with Crippen molar-refractivity contribution in [1.29, 1.82) is 0 Å². The summed E-state index contributed by atoms with van der Waals surface area (Å²) in [5.74, 6) is 0.116. The molecule has 0 radical (unpaired) electrons. The second-order valence-corrected chi connectivity index (χ2v) is 4.28. The fourth-order valence-corrected chi connectivity index (χ4v) is 1.75. The monoisotopic (exact) mass is 221 g/mol. The van der Waals surface area contributed by atoms with Gasteiger partial charge >= 0.3 is 5.97 Å². The van der Waals surface area contributed by atoms with Gasteiger partial charge in [0.05, 0.1) is 0 Å². The van der Waals surface area contributed by atoms with Gasteiger partial charge in [0.2, 0.25) is 0 Å². The van der Waals surface area contributed by atoms with E-state index >= 15 is 0 Å². The van der Waals surface area contributed by atoms with Crippen molar-refractivity contribution < 1.29 is 9.90 Å². The average Bonchev–Trinajstić information content (AvgIpc) is 3.02. The molecule has 0 amide bonds. The Hall–Kier alpha value is -1.65. The molecule has 5 nitrogen and oxygen atoms in total. The first-order chi connectivity index (χ1) is 7.66. The van der Waals surface area contributed by atoms with E-state index < -0.39 is 5.97 Å². The lowest BCUT2D eigenvalue weighted by Gasteiger charge is -2.14. The second kappa shape index (κ2) is 4.47. The summed E-state index contributed by atoms with van der Waals surface area (Å²) in [6, 6.07) is 0.238. The van der Waals surface area contributed by atoms with Crippen LogP contribution in [-0.4, -0.2) is 27.1 Å². The highest BCUT2D eigenvalue weighted by atomic mass is 16.4. The van der Waals surface area contributed by atoms with Gasteiger partial charge in [-0.2, -0.15) is 0 Å². The highest BCUT2D eigenvalue weighted by molar-refractivity contribution is 5.90. The van der Waals surface area contributed by atoms with Gasteiger partial charge in [0.1, 0.15) is 0 Å². The maximum atomic E-state index is 10.9. The molecule has 1 fully saturated rings. The van der Waals surface area contributed by atoms with Crippen molar-refractivity contribution in [3.63, 3.8) is 0 Å². The Bertz CT molecular complexity index is 391. The van der Waals surface area contributed by atoms with Crippen LogP contribution in [0.4, 0.5) is 5.82 Å². The third-order valence-electron chi connectivity index (χ3n) is 2.67. The quantitative estimate of drug-likeness (QED) is 0.792. The number of anilines is 1. The van der Waals surface area contributed by atoms with E-state index in [1.807, 2.05) is 6.92 Å². The Kier molecular flexibility index (Phi) is 3.03. The summed E-state index contributed by atoms with van der Waals surface area (Å²) >= 11 is 0. The van der Waals surface area contributed by atoms with Crippen LogP contribution < -0.4 is 5.32 Å². The fourth-order valence-electron chi connectivity index (χ4n) is 1.75. The van der Waals surface area contributed by atoms with E-state index in [1.54, 1.807) is 0 Å². The van der Waals surface area contributed by atoms with E-state index in [4.69, 9.17) is 5.11 Å². The number of aromatic nitrogens is 2. The van der Waals surface area contributed by atoms with Gasteiger partial charge in [0.15, 0.2) is 11.5 Å². The van der Waals surface area contributed by atoms with Crippen LogP contribution in [0.2, 0.25) is 0 Å². The summed E-state index contributed by atoms with van der Waals surface area (Å²) in [6.07, 6.45) is 6.53. The smallest absolute Gasteiger partial charge is 0.358 e. The van der Waals surface area contributed by atoms with Crippen molar-refractivity contribution in [3.05, 3.63) is 18.1 Å². The fraction of sp³-hybridized carbons (Fsp3) is 0.545. The minimum absolute atomic E-state index is 0.00912. The van der Waals surface area contributed by atoms with Crippen molar-refractivity contribution in [2.24, 2.45) is 5.92 Å². The molecule has 0 saturated heterocycles. The molecule has 1 saturated carbocycles. The average molecular weight is 221 g/mol. The van der Waals surface area contributed by atoms with Gasteiger partial charge in [-0.3, -0.25) is 0 Å². The Morgan fingerprint density at radius 2 is 2.25 bits per heavy atom. The van der Waals surface area contributed by atoms with Gasteiger partial charge in [-0.1, -0.05) is 12.8 Å². The molecule has 5 heteroatoms. The zero-order chi connectivity index (χ0) is 11.5. The number of carbonyl (C=O) groups is 1. The third kappa shape index (κ3) is 2.68. The first kappa shape index (κ1) is 10.9. The van der Waals surface area contributed by atoms with Gasteiger partial charge in [-0.25, -0.2) is 14.8 Å². The van der Waals surface area contributed by atoms with Crippen molar-refractivity contribution in [1.82, 2.24) is 9.97 Å². The number of nitrogens with zero attached hydrogens (tertiary/aromatic N) is 2. The van der Waals surface area contributed by atoms with E-state index in [2.05, 4.69) is 15.3 Å². The summed E-state index contributed by atoms with van der Waals surface area (Å²) in [6.45, 7) is 2.04. The Morgan fingerprint density at radius 3 is 2.88 bits per heavy atom. The van der Waals surface area contributed by atoms with Crippen LogP contribution in [0.15, 0.2) is 12.4 Å². The van der Waals surface area contributed by atoms with Crippen molar-refractivity contribution >= 4 is 11.8 Å². The molecule has 1 aromatic heterocycles. The number of nitrogens with one attached hydrogen (secondary N) is 1. The van der Waals surface area contributed by atoms with Crippen LogP contribution in [-0.2, 0) is 0 Å². The molecule has 0 aromatic carbocycles. The first-order valence-corrected chi connectivity index (χ1v) is 5.47. The summed E-state index contributed by atoms with van der Waals surface area (Å²) in [5, 5.41) is 12.0. The maximum absolute atomic E-state index is 10.9. The van der Waals surface area contributed by atoms with E-state index in [0.29, 0.717) is 5.82 Å². The lowest BCUT2D eigenvalue weighted by molar-refractivity contribution is 0.0691. The number of carboxylic acid groups (broad SMARTS) is 1. The van der Waals surface area contributed by atoms with E-state index in [1.165, 1.54) is 25.2 Å². The second-order valence-electron chi connectivity index (χ2n) is 4.28. The molecule has 0 spiro atoms. The zero-order valence-corrected chi connectivity index (χ0v) is 9.18. The predicted molar refractivity (Wildman–Crippen MR) is 59.4 cm³/mol. The Balaban J connectivity index is 2.04. The molecular weight excluding hydrogens is 206 g/mol. The number of aromatic carboxylic acids is 1. The summed E-state index contributed by atoms with van der Waals surface area (Å²) < 4.78 is 0. The van der Waals surface area contributed by atoms with Crippen molar-refractivity contribution in [3.8, 4) is 0 Å². The molecule has 1 aliphatic rings. The Morgan fingerprint density at radius 1 is 1.56 bits per heavy atom. The van der Waals surface area contributed by atoms with Crippen molar-refractivity contribution in [2.75, 3.05) is 5.32 Å². The molecule has 2 N–H and O–H groups in total. The Labute approximate surface area is 93.9 Å². The molecule has 1 unspecified atom stereocenters. The van der Waals surface area contributed by atoms with E-state index in [0.717, 1.165) is 12.3 Å². The summed E-state index contributed by atoms with van der Waals surface area (Å²) in [5.41, 5.74) is -0.00912. The molecule has 86 valence electrons. The minimum Gasteiger partial charge on any atom is -0.476 e. The summed E-state index contributed by atoms with van der Waals surface area (Å²) in [7, 11) is 0. The van der Waals surface area contributed by atoms with Gasteiger partial charge < -0.3 is 10.4 Å². The molecule has 0 bridgehead atoms. The maximum Gasteiger partial charge on any atom is 0.358 e. The van der Waals surface area contributed by atoms with Crippen LogP contribution in [0, 0.1) is 5.92 Å². The lowest BCUT2D eigenvalue weighted by Crippen LogP contribution is -2.19. The molecule has 1 aliphatic carbocycles. The van der Waals surface area contributed by atoms with Crippen LogP contribution >= 0.6 is 0 Å². The van der Waals surface area contributed by atoms with Gasteiger partial charge in [-0.15, -0.1) is 0 Å². The molecule has 1 aromatic rings. The van der Waals surface area contributed by atoms with Crippen LogP contribution in [0.25, 0.3) is 0 Å². The number of rotatable bonds is 5. The number of carboxylic acids is 1. The molecule has 2 rings (SSSR count). The standard InChI is InChI=1S/C11H15N3O2/c1-7(6-8-2-3-8)14-10-9(11(15)16)12-4-5-13-10/h4-5,7-8H,2-3,6H2,1H3,(H,13,14)(H,15,16). The predicted octanol–water partition coefficient (Wildman–Crippen LogP) is 1.78. The van der Waals surface area contributed by atoms with Crippen LogP contribution in [0.5, 0.6) is 0 Å². The minimum atomic E-state index is -1.05. The lowest BCUT2D eigenvalue weighted by atomic mass is 10.1. The topological polar surface area (TPSA) is 75.1 Å². The molecule has 0 aliphatic heterocycles. The summed E-state index contributed by atoms with van der Waals surface area (Å²) in [4.78, 5) is 18.7. The van der Waals surface area contributed by atoms with Crippen LogP contribution in [0.3, 0.4) is 0 Å². The number of hydrogen-bond donors (Lipinski definition) is 2. The highest BCUT2D eigenvalue weighted by Crippen LogP contribution is 2.34. The third-order valence-corrected chi connectivity index (χ3v) is 2.67.